The smallest absolute Gasteiger partial charge is 0.115 e. The van der Waals surface area contributed by atoms with E-state index >= 15 is 0 Å². The van der Waals surface area contributed by atoms with Crippen LogP contribution in [0.1, 0.15) is 5.56 Å². The first kappa shape index (κ1) is 10.2. The fraction of sp³-hybridized carbons (Fsp3) is 0.0769. The van der Waals surface area contributed by atoms with Gasteiger partial charge in [-0.2, -0.15) is 0 Å². The molecule has 1 N–H and O–H groups in total. The predicted molar refractivity (Wildman–Crippen MR) is 66.0 cm³/mol. The van der Waals surface area contributed by atoms with Crippen molar-refractivity contribution in [3.05, 3.63) is 52.5 Å². The molecule has 0 bridgehead atoms. The van der Waals surface area contributed by atoms with E-state index in [9.17, 15) is 5.11 Å². The highest BCUT2D eigenvalue weighted by atomic mass is 79.9. The first-order chi connectivity index (χ1) is 7.16. The molecule has 0 aliphatic carbocycles. The van der Waals surface area contributed by atoms with Crippen LogP contribution in [0.3, 0.4) is 0 Å². The number of hydrogen-bond acceptors (Lipinski definition) is 1. The standard InChI is InChI=1S/C13H11BrO/c1-9-8-11(4-7-13(9)14)10-2-5-12(15)6-3-10/h2-8,15H,1H3. The molecule has 0 unspecified atom stereocenters. The number of hydrogen-bond donors (Lipinski definition) is 1. The van der Waals surface area contributed by atoms with E-state index in [0.29, 0.717) is 5.75 Å². The predicted octanol–water partition coefficient (Wildman–Crippen LogP) is 4.13. The second-order valence-corrected chi connectivity index (χ2v) is 4.37. The van der Waals surface area contributed by atoms with Gasteiger partial charge in [-0.1, -0.05) is 40.2 Å². The molecule has 0 aliphatic rings. The molecule has 2 rings (SSSR count). The Bertz CT molecular complexity index is 474. The van der Waals surface area contributed by atoms with Crippen LogP contribution < -0.4 is 0 Å². The van der Waals surface area contributed by atoms with Gasteiger partial charge in [0.25, 0.3) is 0 Å². The molecule has 15 heavy (non-hydrogen) atoms. The third-order valence-electron chi connectivity index (χ3n) is 2.36. The molecular weight excluding hydrogens is 252 g/mol. The van der Waals surface area contributed by atoms with Crippen LogP contribution in [0.4, 0.5) is 0 Å². The van der Waals surface area contributed by atoms with Crippen LogP contribution in [0.2, 0.25) is 0 Å². The molecule has 0 atom stereocenters. The van der Waals surface area contributed by atoms with Crippen molar-refractivity contribution in [3.8, 4) is 16.9 Å². The Labute approximate surface area is 97.5 Å². The molecule has 0 aromatic heterocycles. The van der Waals surface area contributed by atoms with E-state index in [2.05, 4.69) is 35.0 Å². The van der Waals surface area contributed by atoms with E-state index in [4.69, 9.17) is 0 Å². The first-order valence-corrected chi connectivity index (χ1v) is 5.51. The molecule has 2 heteroatoms. The summed E-state index contributed by atoms with van der Waals surface area (Å²) >= 11 is 3.47. The van der Waals surface area contributed by atoms with Gasteiger partial charge in [0.15, 0.2) is 0 Å². The van der Waals surface area contributed by atoms with Gasteiger partial charge < -0.3 is 5.11 Å². The second kappa shape index (κ2) is 4.07. The summed E-state index contributed by atoms with van der Waals surface area (Å²) in [6.45, 7) is 2.06. The van der Waals surface area contributed by atoms with E-state index in [-0.39, 0.29) is 0 Å². The number of aryl methyl sites for hydroxylation is 1. The highest BCUT2D eigenvalue weighted by Crippen LogP contribution is 2.26. The van der Waals surface area contributed by atoms with Crippen molar-refractivity contribution >= 4 is 15.9 Å². The van der Waals surface area contributed by atoms with Crippen molar-refractivity contribution in [2.45, 2.75) is 6.92 Å². The Morgan fingerprint density at radius 2 is 1.53 bits per heavy atom. The van der Waals surface area contributed by atoms with Crippen LogP contribution >= 0.6 is 15.9 Å². The Balaban J connectivity index is 2.45. The van der Waals surface area contributed by atoms with E-state index in [1.807, 2.05) is 18.2 Å². The third kappa shape index (κ3) is 2.21. The van der Waals surface area contributed by atoms with Gasteiger partial charge in [0, 0.05) is 4.47 Å². The summed E-state index contributed by atoms with van der Waals surface area (Å²) in [6.07, 6.45) is 0. The van der Waals surface area contributed by atoms with Gasteiger partial charge in [-0.05, 0) is 41.8 Å². The zero-order valence-corrected chi connectivity index (χ0v) is 9.95. The lowest BCUT2D eigenvalue weighted by molar-refractivity contribution is 0.475. The van der Waals surface area contributed by atoms with Gasteiger partial charge in [0.1, 0.15) is 5.75 Å². The molecule has 1 nitrogen and oxygen atoms in total. The van der Waals surface area contributed by atoms with E-state index in [1.54, 1.807) is 12.1 Å². The lowest BCUT2D eigenvalue weighted by atomic mass is 10.0. The number of benzene rings is 2. The van der Waals surface area contributed by atoms with Gasteiger partial charge in [-0.3, -0.25) is 0 Å². The topological polar surface area (TPSA) is 20.2 Å². The summed E-state index contributed by atoms with van der Waals surface area (Å²) in [5, 5.41) is 9.19. The number of halogens is 1. The van der Waals surface area contributed by atoms with Crippen LogP contribution in [-0.4, -0.2) is 5.11 Å². The van der Waals surface area contributed by atoms with Crippen LogP contribution in [0.25, 0.3) is 11.1 Å². The SMILES string of the molecule is Cc1cc(-c2ccc(O)cc2)ccc1Br. The van der Waals surface area contributed by atoms with Gasteiger partial charge >= 0.3 is 0 Å². The van der Waals surface area contributed by atoms with Crippen LogP contribution in [0, 0.1) is 6.92 Å². The average Bonchev–Trinajstić information content (AvgIpc) is 2.23. The fourth-order valence-corrected chi connectivity index (χ4v) is 1.72. The molecule has 0 amide bonds. The lowest BCUT2D eigenvalue weighted by Gasteiger charge is -2.04. The summed E-state index contributed by atoms with van der Waals surface area (Å²) in [5.41, 5.74) is 3.49. The van der Waals surface area contributed by atoms with Crippen LogP contribution in [-0.2, 0) is 0 Å². The molecular formula is C13H11BrO. The van der Waals surface area contributed by atoms with Crippen molar-refractivity contribution < 1.29 is 5.11 Å². The zero-order chi connectivity index (χ0) is 10.8. The Morgan fingerprint density at radius 3 is 2.13 bits per heavy atom. The maximum absolute atomic E-state index is 9.19. The number of phenols is 1. The normalized spacial score (nSPS) is 10.3. The van der Waals surface area contributed by atoms with Crippen molar-refractivity contribution in [1.82, 2.24) is 0 Å². The molecule has 2 aromatic carbocycles. The fourth-order valence-electron chi connectivity index (χ4n) is 1.48. The molecule has 0 radical (unpaired) electrons. The van der Waals surface area contributed by atoms with Crippen LogP contribution in [0.5, 0.6) is 5.75 Å². The molecule has 76 valence electrons. The monoisotopic (exact) mass is 262 g/mol. The van der Waals surface area contributed by atoms with Crippen molar-refractivity contribution in [2.75, 3.05) is 0 Å². The van der Waals surface area contributed by atoms with E-state index in [1.165, 1.54) is 5.56 Å². The minimum absolute atomic E-state index is 0.299. The Hall–Kier alpha value is -1.28. The van der Waals surface area contributed by atoms with Gasteiger partial charge in [-0.25, -0.2) is 0 Å². The molecule has 2 aromatic rings. The van der Waals surface area contributed by atoms with Crippen molar-refractivity contribution in [1.29, 1.82) is 0 Å². The van der Waals surface area contributed by atoms with Gasteiger partial charge in [0.05, 0.1) is 0 Å². The number of aromatic hydroxyl groups is 1. The second-order valence-electron chi connectivity index (χ2n) is 3.51. The zero-order valence-electron chi connectivity index (χ0n) is 8.37. The quantitative estimate of drug-likeness (QED) is 0.820. The van der Waals surface area contributed by atoms with E-state index < -0.39 is 0 Å². The maximum atomic E-state index is 9.19. The molecule has 0 aliphatic heterocycles. The lowest BCUT2D eigenvalue weighted by Crippen LogP contribution is -1.80. The maximum Gasteiger partial charge on any atom is 0.115 e. The number of rotatable bonds is 1. The molecule has 0 saturated heterocycles. The molecule has 0 fully saturated rings. The highest BCUT2D eigenvalue weighted by Gasteiger charge is 2.00. The third-order valence-corrected chi connectivity index (χ3v) is 3.25. The minimum Gasteiger partial charge on any atom is -0.508 e. The van der Waals surface area contributed by atoms with Crippen molar-refractivity contribution in [2.24, 2.45) is 0 Å². The average molecular weight is 263 g/mol. The van der Waals surface area contributed by atoms with Gasteiger partial charge in [0.2, 0.25) is 0 Å². The highest BCUT2D eigenvalue weighted by molar-refractivity contribution is 9.10. The Morgan fingerprint density at radius 1 is 0.933 bits per heavy atom. The largest absolute Gasteiger partial charge is 0.508 e. The van der Waals surface area contributed by atoms with Crippen molar-refractivity contribution in [3.63, 3.8) is 0 Å². The number of phenolic OH excluding ortho intramolecular Hbond substituents is 1. The first-order valence-electron chi connectivity index (χ1n) is 4.72. The van der Waals surface area contributed by atoms with Gasteiger partial charge in [-0.15, -0.1) is 0 Å². The summed E-state index contributed by atoms with van der Waals surface area (Å²) < 4.78 is 1.12. The van der Waals surface area contributed by atoms with E-state index in [0.717, 1.165) is 15.6 Å². The Kier molecular flexibility index (Phi) is 2.78. The summed E-state index contributed by atoms with van der Waals surface area (Å²) in [4.78, 5) is 0. The minimum atomic E-state index is 0.299. The summed E-state index contributed by atoms with van der Waals surface area (Å²) in [6, 6.07) is 13.5. The molecule has 0 heterocycles. The summed E-state index contributed by atoms with van der Waals surface area (Å²) in [5.74, 6) is 0.299. The summed E-state index contributed by atoms with van der Waals surface area (Å²) in [7, 11) is 0. The van der Waals surface area contributed by atoms with Crippen LogP contribution in [0.15, 0.2) is 46.9 Å². The molecule has 0 spiro atoms. The molecule has 0 saturated carbocycles.